The summed E-state index contributed by atoms with van der Waals surface area (Å²) in [6, 6.07) is 0. The van der Waals surface area contributed by atoms with Gasteiger partial charge >= 0.3 is 11.9 Å². The van der Waals surface area contributed by atoms with Gasteiger partial charge in [0.25, 0.3) is 0 Å². The average molecular weight is 390 g/mol. The summed E-state index contributed by atoms with van der Waals surface area (Å²) in [5, 5.41) is 38.2. The first-order valence-electron chi connectivity index (χ1n) is 8.31. The number of aliphatic hydroxyl groups excluding tert-OH is 4. The first kappa shape index (κ1) is 21.0. The highest BCUT2D eigenvalue weighted by Gasteiger charge is 2.47. The standard InChI is InChI=1S/C16H22O11/c1-3-23-13-11(9(7(19)5-17)26-15(13)21)25-12-10(8(20)6-18)27-16(22)14(12)24-4-2/h7-10,17-20H,3-6H2,1-2H3/t7-,8-,9+,10+/m0/s1. The average Bonchev–Trinajstić information content (AvgIpc) is 3.13. The molecule has 11 heteroatoms. The van der Waals surface area contributed by atoms with Crippen molar-refractivity contribution in [1.29, 1.82) is 0 Å². The number of esters is 2. The molecular formula is C16H22O11. The van der Waals surface area contributed by atoms with Gasteiger partial charge in [-0.15, -0.1) is 0 Å². The van der Waals surface area contributed by atoms with Gasteiger partial charge in [0.1, 0.15) is 12.2 Å². The fraction of sp³-hybridized carbons (Fsp3) is 0.625. The quantitative estimate of drug-likeness (QED) is 0.307. The predicted octanol–water partition coefficient (Wildman–Crippen LogP) is -1.94. The number of rotatable bonds is 10. The third kappa shape index (κ3) is 4.16. The lowest BCUT2D eigenvalue weighted by Crippen LogP contribution is -2.35. The number of cyclic esters (lactones) is 2. The second-order valence-electron chi connectivity index (χ2n) is 5.51. The molecule has 27 heavy (non-hydrogen) atoms. The van der Waals surface area contributed by atoms with Crippen LogP contribution in [0.3, 0.4) is 0 Å². The molecular weight excluding hydrogens is 368 g/mol. The van der Waals surface area contributed by atoms with E-state index in [4.69, 9.17) is 23.7 Å². The number of ether oxygens (including phenoxy) is 5. The van der Waals surface area contributed by atoms with Crippen LogP contribution in [0.4, 0.5) is 0 Å². The van der Waals surface area contributed by atoms with E-state index in [1.54, 1.807) is 13.8 Å². The van der Waals surface area contributed by atoms with Gasteiger partial charge in [0.2, 0.25) is 11.5 Å². The van der Waals surface area contributed by atoms with Crippen LogP contribution in [-0.4, -0.2) is 83.2 Å². The van der Waals surface area contributed by atoms with Gasteiger partial charge in [0.05, 0.1) is 26.4 Å². The molecule has 11 nitrogen and oxygen atoms in total. The number of hydrogen-bond acceptors (Lipinski definition) is 11. The first-order chi connectivity index (χ1) is 12.9. The molecule has 2 rings (SSSR count). The van der Waals surface area contributed by atoms with Crippen molar-refractivity contribution in [3.63, 3.8) is 0 Å². The summed E-state index contributed by atoms with van der Waals surface area (Å²) in [6.45, 7) is 1.82. The molecule has 0 aromatic carbocycles. The largest absolute Gasteiger partial charge is 0.484 e. The molecule has 0 saturated carbocycles. The lowest BCUT2D eigenvalue weighted by molar-refractivity contribution is -0.149. The molecule has 0 spiro atoms. The summed E-state index contributed by atoms with van der Waals surface area (Å²) in [6.07, 6.45) is -5.89. The van der Waals surface area contributed by atoms with Crippen LogP contribution in [0.15, 0.2) is 23.0 Å². The number of carbonyl (C=O) groups excluding carboxylic acids is 2. The fourth-order valence-corrected chi connectivity index (χ4v) is 2.48. The van der Waals surface area contributed by atoms with Crippen LogP contribution in [0.1, 0.15) is 13.8 Å². The van der Waals surface area contributed by atoms with E-state index in [0.29, 0.717) is 0 Å². The van der Waals surface area contributed by atoms with E-state index >= 15 is 0 Å². The number of hydrogen-bond donors (Lipinski definition) is 4. The molecule has 2 aliphatic heterocycles. The minimum absolute atomic E-state index is 0.0642. The topological polar surface area (TPSA) is 161 Å². The van der Waals surface area contributed by atoms with Crippen molar-refractivity contribution in [2.24, 2.45) is 0 Å². The normalized spacial score (nSPS) is 24.7. The molecule has 0 aliphatic carbocycles. The van der Waals surface area contributed by atoms with Crippen LogP contribution in [-0.2, 0) is 33.3 Å². The zero-order chi connectivity index (χ0) is 20.1. The van der Waals surface area contributed by atoms with Crippen LogP contribution < -0.4 is 0 Å². The molecule has 0 saturated heterocycles. The van der Waals surface area contributed by atoms with Crippen molar-refractivity contribution in [2.45, 2.75) is 38.3 Å². The summed E-state index contributed by atoms with van der Waals surface area (Å²) >= 11 is 0. The Morgan fingerprint density at radius 2 is 1.22 bits per heavy atom. The molecule has 0 aromatic rings. The number of aliphatic hydroxyl groups is 4. The van der Waals surface area contributed by atoms with Crippen LogP contribution >= 0.6 is 0 Å². The Morgan fingerprint density at radius 1 is 0.852 bits per heavy atom. The van der Waals surface area contributed by atoms with Crippen LogP contribution in [0, 0.1) is 0 Å². The Morgan fingerprint density at radius 3 is 1.52 bits per heavy atom. The second-order valence-corrected chi connectivity index (χ2v) is 5.51. The minimum atomic E-state index is -1.53. The summed E-state index contributed by atoms with van der Waals surface area (Å²) in [7, 11) is 0. The van der Waals surface area contributed by atoms with E-state index in [2.05, 4.69) is 0 Å². The molecule has 2 heterocycles. The molecule has 2 aliphatic rings. The molecule has 0 fully saturated rings. The van der Waals surface area contributed by atoms with E-state index in [-0.39, 0.29) is 36.3 Å². The van der Waals surface area contributed by atoms with Crippen molar-refractivity contribution in [1.82, 2.24) is 0 Å². The molecule has 0 unspecified atom stereocenters. The molecule has 0 bridgehead atoms. The van der Waals surface area contributed by atoms with Gasteiger partial charge in [-0.2, -0.15) is 0 Å². The van der Waals surface area contributed by atoms with Gasteiger partial charge in [-0.25, -0.2) is 9.59 Å². The Kier molecular flexibility index (Phi) is 7.02. The van der Waals surface area contributed by atoms with Gasteiger partial charge in [0, 0.05) is 0 Å². The van der Waals surface area contributed by atoms with Crippen molar-refractivity contribution in [3.8, 4) is 0 Å². The van der Waals surface area contributed by atoms with E-state index < -0.39 is 49.6 Å². The first-order valence-corrected chi connectivity index (χ1v) is 8.31. The van der Waals surface area contributed by atoms with Crippen molar-refractivity contribution in [2.75, 3.05) is 26.4 Å². The monoisotopic (exact) mass is 390 g/mol. The van der Waals surface area contributed by atoms with Crippen LogP contribution in [0.2, 0.25) is 0 Å². The third-order valence-corrected chi connectivity index (χ3v) is 3.67. The summed E-state index contributed by atoms with van der Waals surface area (Å²) in [5.74, 6) is -3.24. The minimum Gasteiger partial charge on any atom is -0.484 e. The summed E-state index contributed by atoms with van der Waals surface area (Å²) in [4.78, 5) is 24.0. The second kappa shape index (κ2) is 9.04. The zero-order valence-electron chi connectivity index (χ0n) is 14.8. The number of carbonyl (C=O) groups is 2. The highest BCUT2D eigenvalue weighted by atomic mass is 16.7. The smallest absolute Gasteiger partial charge is 0.378 e. The van der Waals surface area contributed by atoms with E-state index in [9.17, 15) is 30.0 Å². The highest BCUT2D eigenvalue weighted by molar-refractivity contribution is 5.91. The summed E-state index contributed by atoms with van der Waals surface area (Å²) in [5.41, 5.74) is 0. The van der Waals surface area contributed by atoms with Crippen LogP contribution in [0.5, 0.6) is 0 Å². The Labute approximate surface area is 154 Å². The van der Waals surface area contributed by atoms with Crippen molar-refractivity contribution in [3.05, 3.63) is 23.0 Å². The van der Waals surface area contributed by atoms with Gasteiger partial charge in [-0.05, 0) is 13.8 Å². The molecule has 0 radical (unpaired) electrons. The molecule has 152 valence electrons. The van der Waals surface area contributed by atoms with Crippen molar-refractivity contribution >= 4 is 11.9 Å². The SMILES string of the molecule is CCOC1=C(OC2=C(OCC)C(=O)O[C@@H]2[C@@H](O)CO)[C@@H]([C@@H](O)CO)OC1=O. The Bertz CT molecular complexity index is 584. The van der Waals surface area contributed by atoms with Crippen molar-refractivity contribution < 1.29 is 53.7 Å². The summed E-state index contributed by atoms with van der Waals surface area (Å²) < 4.78 is 25.9. The Balaban J connectivity index is 2.48. The van der Waals surface area contributed by atoms with Gasteiger partial charge < -0.3 is 44.1 Å². The molecule has 4 atom stereocenters. The van der Waals surface area contributed by atoms with Gasteiger partial charge in [-0.3, -0.25) is 0 Å². The maximum absolute atomic E-state index is 12.0. The van der Waals surface area contributed by atoms with E-state index in [1.807, 2.05) is 0 Å². The molecule has 0 amide bonds. The zero-order valence-corrected chi connectivity index (χ0v) is 14.8. The fourth-order valence-electron chi connectivity index (χ4n) is 2.48. The third-order valence-electron chi connectivity index (χ3n) is 3.67. The Hall–Kier alpha value is -2.34. The van der Waals surface area contributed by atoms with Gasteiger partial charge in [-0.1, -0.05) is 0 Å². The highest BCUT2D eigenvalue weighted by Crippen LogP contribution is 2.35. The molecule has 4 N–H and O–H groups in total. The van der Waals surface area contributed by atoms with Gasteiger partial charge in [0.15, 0.2) is 23.7 Å². The lowest BCUT2D eigenvalue weighted by atomic mass is 10.1. The maximum atomic E-state index is 12.0. The predicted molar refractivity (Wildman–Crippen MR) is 84.3 cm³/mol. The van der Waals surface area contributed by atoms with E-state index in [0.717, 1.165) is 0 Å². The lowest BCUT2D eigenvalue weighted by Gasteiger charge is -2.22. The maximum Gasteiger partial charge on any atom is 0.378 e. The van der Waals surface area contributed by atoms with E-state index in [1.165, 1.54) is 0 Å². The van der Waals surface area contributed by atoms with Crippen LogP contribution in [0.25, 0.3) is 0 Å². The molecule has 0 aromatic heterocycles.